The summed E-state index contributed by atoms with van der Waals surface area (Å²) < 4.78 is 40.2. The lowest BCUT2D eigenvalue weighted by molar-refractivity contribution is 0.0363. The summed E-state index contributed by atoms with van der Waals surface area (Å²) >= 11 is 0. The number of amides is 1. The van der Waals surface area contributed by atoms with Gasteiger partial charge in [-0.05, 0) is 69.7 Å². The van der Waals surface area contributed by atoms with Gasteiger partial charge in [0, 0.05) is 24.2 Å². The Kier molecular flexibility index (Phi) is 8.05. The van der Waals surface area contributed by atoms with E-state index < -0.39 is 29.6 Å². The largest absolute Gasteiger partial charge is 0.491 e. The van der Waals surface area contributed by atoms with Crippen molar-refractivity contribution < 1.29 is 27.8 Å². The van der Waals surface area contributed by atoms with E-state index in [2.05, 4.69) is 10.3 Å². The second kappa shape index (κ2) is 11.4. The van der Waals surface area contributed by atoms with Crippen LogP contribution in [0.25, 0.3) is 10.9 Å². The molecule has 0 aliphatic rings. The second-order valence-electron chi connectivity index (χ2n) is 9.36. The van der Waals surface area contributed by atoms with Crippen LogP contribution in [0, 0.1) is 11.6 Å². The summed E-state index contributed by atoms with van der Waals surface area (Å²) in [5.74, 6) is -2.65. The lowest BCUT2D eigenvalue weighted by Crippen LogP contribution is -2.27. The quantitative estimate of drug-likeness (QED) is 0.288. The molecular formula is C29H29F2N3O4. The van der Waals surface area contributed by atoms with E-state index in [0.29, 0.717) is 27.9 Å². The number of nitrogens with one attached hydrogen (secondary N) is 1. The van der Waals surface area contributed by atoms with Crippen molar-refractivity contribution in [2.75, 3.05) is 0 Å². The molecule has 0 spiro atoms. The number of aromatic nitrogens is 2. The SMILES string of the molecule is CC(C)OC(=O)c1c(C(=O)NCc2ccc(F)c(F)c2)c2ccc(OC(C)C)cc2n1Cc1ccccn1. The zero-order valence-electron chi connectivity index (χ0n) is 21.6. The second-order valence-corrected chi connectivity index (χ2v) is 9.36. The van der Waals surface area contributed by atoms with Crippen LogP contribution in [0.5, 0.6) is 5.75 Å². The maximum Gasteiger partial charge on any atom is 0.356 e. The summed E-state index contributed by atoms with van der Waals surface area (Å²) in [5.41, 5.74) is 1.80. The van der Waals surface area contributed by atoms with Gasteiger partial charge < -0.3 is 19.4 Å². The van der Waals surface area contributed by atoms with E-state index in [9.17, 15) is 18.4 Å². The first-order chi connectivity index (χ1) is 18.1. The molecular weight excluding hydrogens is 492 g/mol. The highest BCUT2D eigenvalue weighted by atomic mass is 19.2. The van der Waals surface area contributed by atoms with Crippen molar-refractivity contribution in [2.45, 2.75) is 53.0 Å². The zero-order valence-corrected chi connectivity index (χ0v) is 21.6. The normalized spacial score (nSPS) is 11.3. The summed E-state index contributed by atoms with van der Waals surface area (Å²) in [6.07, 6.45) is 1.13. The first-order valence-electron chi connectivity index (χ1n) is 12.3. The minimum Gasteiger partial charge on any atom is -0.491 e. The number of halogens is 2. The van der Waals surface area contributed by atoms with Gasteiger partial charge in [-0.3, -0.25) is 9.78 Å². The van der Waals surface area contributed by atoms with Crippen LogP contribution in [-0.2, 0) is 17.8 Å². The molecule has 0 bridgehead atoms. The number of carbonyl (C=O) groups excluding carboxylic acids is 2. The van der Waals surface area contributed by atoms with Crippen LogP contribution in [0.1, 0.15) is 59.8 Å². The summed E-state index contributed by atoms with van der Waals surface area (Å²) in [7, 11) is 0. The molecule has 0 saturated heterocycles. The Bertz CT molecular complexity index is 1470. The van der Waals surface area contributed by atoms with E-state index in [1.54, 1.807) is 48.9 Å². The third kappa shape index (κ3) is 5.99. The van der Waals surface area contributed by atoms with Crippen LogP contribution in [-0.4, -0.2) is 33.6 Å². The van der Waals surface area contributed by atoms with E-state index in [0.717, 1.165) is 12.1 Å². The van der Waals surface area contributed by atoms with Crippen LogP contribution in [0.4, 0.5) is 8.78 Å². The fourth-order valence-corrected chi connectivity index (χ4v) is 4.12. The number of pyridine rings is 1. The van der Waals surface area contributed by atoms with E-state index in [-0.39, 0.29) is 30.5 Å². The van der Waals surface area contributed by atoms with Gasteiger partial charge in [-0.15, -0.1) is 0 Å². The zero-order chi connectivity index (χ0) is 27.4. The van der Waals surface area contributed by atoms with E-state index >= 15 is 0 Å². The monoisotopic (exact) mass is 521 g/mol. The number of carbonyl (C=O) groups is 2. The molecule has 0 aliphatic carbocycles. The molecule has 2 aromatic heterocycles. The number of nitrogens with zero attached hydrogens (tertiary/aromatic N) is 2. The van der Waals surface area contributed by atoms with Gasteiger partial charge in [0.2, 0.25) is 0 Å². The molecule has 0 unspecified atom stereocenters. The minimum atomic E-state index is -1.01. The molecule has 4 rings (SSSR count). The number of hydrogen-bond acceptors (Lipinski definition) is 5. The van der Waals surface area contributed by atoms with Crippen molar-refractivity contribution in [3.8, 4) is 5.75 Å². The molecule has 198 valence electrons. The summed E-state index contributed by atoms with van der Waals surface area (Å²) in [6, 6.07) is 14.1. The Balaban J connectivity index is 1.85. The molecule has 0 fully saturated rings. The van der Waals surface area contributed by atoms with Crippen molar-refractivity contribution in [1.29, 1.82) is 0 Å². The molecule has 0 saturated carbocycles. The minimum absolute atomic E-state index is 0.0591. The molecule has 0 atom stereocenters. The lowest BCUT2D eigenvalue weighted by Gasteiger charge is -2.14. The van der Waals surface area contributed by atoms with Crippen LogP contribution in [0.3, 0.4) is 0 Å². The van der Waals surface area contributed by atoms with Crippen LogP contribution in [0.15, 0.2) is 60.8 Å². The first kappa shape index (κ1) is 26.8. The van der Waals surface area contributed by atoms with Gasteiger partial charge in [-0.25, -0.2) is 13.6 Å². The number of fused-ring (bicyclic) bond motifs is 1. The molecule has 38 heavy (non-hydrogen) atoms. The highest BCUT2D eigenvalue weighted by Gasteiger charge is 2.29. The van der Waals surface area contributed by atoms with Crippen LogP contribution >= 0.6 is 0 Å². The lowest BCUT2D eigenvalue weighted by atomic mass is 10.1. The smallest absolute Gasteiger partial charge is 0.356 e. The Morgan fingerprint density at radius 3 is 2.42 bits per heavy atom. The maximum atomic E-state index is 13.7. The molecule has 7 nitrogen and oxygen atoms in total. The Labute approximate surface area is 219 Å². The Morgan fingerprint density at radius 1 is 0.974 bits per heavy atom. The number of rotatable bonds is 9. The standard InChI is InChI=1S/C29H29F2N3O4/c1-17(2)37-21-9-10-22-25(14-21)34(16-20-7-5-6-12-32-20)27(29(36)38-18(3)4)26(22)28(35)33-15-19-8-11-23(30)24(31)13-19/h5-14,17-18H,15-16H2,1-4H3,(H,33,35). The number of benzene rings is 2. The highest BCUT2D eigenvalue weighted by Crippen LogP contribution is 2.32. The van der Waals surface area contributed by atoms with Gasteiger partial charge in [0.25, 0.3) is 5.91 Å². The third-order valence-corrected chi connectivity index (χ3v) is 5.65. The molecule has 0 aliphatic heterocycles. The van der Waals surface area contributed by atoms with Crippen LogP contribution < -0.4 is 10.1 Å². The van der Waals surface area contributed by atoms with Gasteiger partial charge in [0.05, 0.1) is 35.5 Å². The molecule has 9 heteroatoms. The number of hydrogen-bond donors (Lipinski definition) is 1. The van der Waals surface area contributed by atoms with Crippen molar-refractivity contribution in [3.05, 3.63) is 94.9 Å². The van der Waals surface area contributed by atoms with Gasteiger partial charge in [0.1, 0.15) is 11.4 Å². The molecule has 1 amide bonds. The van der Waals surface area contributed by atoms with E-state index in [1.165, 1.54) is 6.07 Å². The van der Waals surface area contributed by atoms with Crippen molar-refractivity contribution in [2.24, 2.45) is 0 Å². The summed E-state index contributed by atoms with van der Waals surface area (Å²) in [5, 5.41) is 3.24. The van der Waals surface area contributed by atoms with E-state index in [1.807, 2.05) is 26.0 Å². The van der Waals surface area contributed by atoms with Crippen molar-refractivity contribution in [3.63, 3.8) is 0 Å². The summed E-state index contributed by atoms with van der Waals surface area (Å²) in [6.45, 7) is 7.37. The fourth-order valence-electron chi connectivity index (χ4n) is 4.12. The van der Waals surface area contributed by atoms with Gasteiger partial charge >= 0.3 is 5.97 Å². The maximum absolute atomic E-state index is 13.7. The average molecular weight is 522 g/mol. The molecule has 2 heterocycles. The third-order valence-electron chi connectivity index (χ3n) is 5.65. The van der Waals surface area contributed by atoms with Gasteiger partial charge in [0.15, 0.2) is 11.6 Å². The van der Waals surface area contributed by atoms with Gasteiger partial charge in [-0.1, -0.05) is 12.1 Å². The molecule has 1 N–H and O–H groups in total. The van der Waals surface area contributed by atoms with Crippen LogP contribution in [0.2, 0.25) is 0 Å². The topological polar surface area (TPSA) is 82.5 Å². The first-order valence-corrected chi connectivity index (χ1v) is 12.3. The average Bonchev–Trinajstić information content (AvgIpc) is 3.18. The highest BCUT2D eigenvalue weighted by molar-refractivity contribution is 6.15. The van der Waals surface area contributed by atoms with E-state index in [4.69, 9.17) is 9.47 Å². The predicted molar refractivity (Wildman–Crippen MR) is 139 cm³/mol. The predicted octanol–water partition coefficient (Wildman–Crippen LogP) is 5.65. The Morgan fingerprint density at radius 2 is 1.76 bits per heavy atom. The summed E-state index contributed by atoms with van der Waals surface area (Å²) in [4.78, 5) is 31.4. The number of esters is 1. The number of ether oxygens (including phenoxy) is 2. The van der Waals surface area contributed by atoms with Crippen molar-refractivity contribution >= 4 is 22.8 Å². The van der Waals surface area contributed by atoms with Crippen molar-refractivity contribution in [1.82, 2.24) is 14.9 Å². The fraction of sp³-hybridized carbons (Fsp3) is 0.276. The Hall–Kier alpha value is -4.27. The molecule has 0 radical (unpaired) electrons. The van der Waals surface area contributed by atoms with Gasteiger partial charge in [-0.2, -0.15) is 0 Å². The molecule has 2 aromatic carbocycles. The molecule has 4 aromatic rings.